The van der Waals surface area contributed by atoms with Crippen molar-refractivity contribution in [2.45, 2.75) is 0 Å². The number of hydrogen-bond acceptors (Lipinski definition) is 5. The molecule has 152 valence electrons. The van der Waals surface area contributed by atoms with E-state index in [-0.39, 0.29) is 23.0 Å². The predicted molar refractivity (Wildman–Crippen MR) is 119 cm³/mol. The standard InChI is InChI=1S/C22H16FIN2O4/c1-29-20-10-14(13-25-26-21(27)15-4-3-7-18(24)12-15)8-9-19(20)30-22(28)16-5-2-6-17(23)11-16/h2-13H,1H3,(H,26,27)/b25-13-. The minimum absolute atomic E-state index is 0.0842. The smallest absolute Gasteiger partial charge is 0.343 e. The molecular formula is C22H16FIN2O4. The summed E-state index contributed by atoms with van der Waals surface area (Å²) in [5, 5.41) is 3.94. The number of benzene rings is 3. The Balaban J connectivity index is 1.68. The Hall–Kier alpha value is -3.27. The number of carbonyl (C=O) groups is 2. The molecule has 0 unspecified atom stereocenters. The minimum Gasteiger partial charge on any atom is -0.493 e. The molecule has 1 N–H and O–H groups in total. The summed E-state index contributed by atoms with van der Waals surface area (Å²) in [6.45, 7) is 0. The quantitative estimate of drug-likeness (QED) is 0.172. The van der Waals surface area contributed by atoms with E-state index in [4.69, 9.17) is 9.47 Å². The summed E-state index contributed by atoms with van der Waals surface area (Å²) < 4.78 is 24.8. The third-order valence-corrected chi connectivity index (χ3v) is 4.59. The van der Waals surface area contributed by atoms with Crippen LogP contribution in [-0.4, -0.2) is 25.2 Å². The lowest BCUT2D eigenvalue weighted by molar-refractivity contribution is 0.0729. The van der Waals surface area contributed by atoms with E-state index in [1.807, 2.05) is 6.07 Å². The van der Waals surface area contributed by atoms with E-state index in [9.17, 15) is 14.0 Å². The molecule has 3 rings (SSSR count). The highest BCUT2D eigenvalue weighted by Gasteiger charge is 2.13. The van der Waals surface area contributed by atoms with Gasteiger partial charge in [0.2, 0.25) is 0 Å². The van der Waals surface area contributed by atoms with Crippen LogP contribution >= 0.6 is 22.6 Å². The monoisotopic (exact) mass is 518 g/mol. The third-order valence-electron chi connectivity index (χ3n) is 3.92. The van der Waals surface area contributed by atoms with Gasteiger partial charge >= 0.3 is 5.97 Å². The van der Waals surface area contributed by atoms with Crippen molar-refractivity contribution in [3.8, 4) is 11.5 Å². The maximum absolute atomic E-state index is 13.3. The first kappa shape index (κ1) is 21.4. The number of rotatable bonds is 6. The molecule has 0 aliphatic heterocycles. The average molecular weight is 518 g/mol. The molecule has 8 heteroatoms. The fraction of sp³-hybridized carbons (Fsp3) is 0.0455. The fourth-order valence-corrected chi connectivity index (χ4v) is 3.03. The second-order valence-corrected chi connectivity index (χ2v) is 7.27. The van der Waals surface area contributed by atoms with Crippen LogP contribution in [0.15, 0.2) is 71.8 Å². The number of nitrogens with one attached hydrogen (secondary N) is 1. The number of methoxy groups -OCH3 is 1. The van der Waals surface area contributed by atoms with E-state index in [2.05, 4.69) is 33.1 Å². The molecule has 3 aromatic carbocycles. The molecule has 30 heavy (non-hydrogen) atoms. The normalized spacial score (nSPS) is 10.6. The largest absolute Gasteiger partial charge is 0.493 e. The van der Waals surface area contributed by atoms with E-state index >= 15 is 0 Å². The molecule has 6 nitrogen and oxygen atoms in total. The summed E-state index contributed by atoms with van der Waals surface area (Å²) in [6.07, 6.45) is 1.44. The van der Waals surface area contributed by atoms with Gasteiger partial charge in [-0.15, -0.1) is 0 Å². The molecule has 1 amide bonds. The number of nitrogens with zero attached hydrogens (tertiary/aromatic N) is 1. The number of halogens is 2. The molecule has 0 radical (unpaired) electrons. The Kier molecular flexibility index (Phi) is 7.12. The second kappa shape index (κ2) is 9.97. The molecule has 0 heterocycles. The summed E-state index contributed by atoms with van der Waals surface area (Å²) in [4.78, 5) is 24.3. The zero-order valence-corrected chi connectivity index (χ0v) is 17.9. The van der Waals surface area contributed by atoms with Crippen LogP contribution in [0, 0.1) is 9.39 Å². The van der Waals surface area contributed by atoms with Gasteiger partial charge in [0.15, 0.2) is 11.5 Å². The van der Waals surface area contributed by atoms with Gasteiger partial charge in [-0.3, -0.25) is 4.79 Å². The van der Waals surface area contributed by atoms with Crippen molar-refractivity contribution < 1.29 is 23.5 Å². The Bertz CT molecular complexity index is 1120. The number of hydrazone groups is 1. The van der Waals surface area contributed by atoms with Crippen LogP contribution in [0.5, 0.6) is 11.5 Å². The topological polar surface area (TPSA) is 77.0 Å². The minimum atomic E-state index is -0.709. The highest BCUT2D eigenvalue weighted by atomic mass is 127. The lowest BCUT2D eigenvalue weighted by atomic mass is 10.2. The first-order valence-corrected chi connectivity index (χ1v) is 9.79. The van der Waals surface area contributed by atoms with E-state index in [1.54, 1.807) is 30.3 Å². The lowest BCUT2D eigenvalue weighted by Gasteiger charge is -2.10. The van der Waals surface area contributed by atoms with Crippen LogP contribution in [0.2, 0.25) is 0 Å². The summed E-state index contributed by atoms with van der Waals surface area (Å²) >= 11 is 2.12. The van der Waals surface area contributed by atoms with Gasteiger partial charge in [0, 0.05) is 9.13 Å². The van der Waals surface area contributed by atoms with Crippen molar-refractivity contribution >= 4 is 40.7 Å². The van der Waals surface area contributed by atoms with Crippen molar-refractivity contribution in [3.63, 3.8) is 0 Å². The molecule has 0 aliphatic carbocycles. The predicted octanol–water partition coefficient (Wildman–Crippen LogP) is 4.42. The highest BCUT2D eigenvalue weighted by molar-refractivity contribution is 14.1. The van der Waals surface area contributed by atoms with Crippen molar-refractivity contribution in [1.29, 1.82) is 0 Å². The molecule has 0 aliphatic rings. The molecular weight excluding hydrogens is 502 g/mol. The van der Waals surface area contributed by atoms with E-state index in [0.717, 1.165) is 9.64 Å². The molecule has 0 atom stereocenters. The summed E-state index contributed by atoms with van der Waals surface area (Å²) in [7, 11) is 1.43. The maximum atomic E-state index is 13.3. The van der Waals surface area contributed by atoms with Gasteiger partial charge in [-0.1, -0.05) is 12.1 Å². The van der Waals surface area contributed by atoms with Crippen molar-refractivity contribution in [1.82, 2.24) is 5.43 Å². The Morgan fingerprint density at radius 2 is 1.77 bits per heavy atom. The van der Waals surface area contributed by atoms with Crippen LogP contribution in [-0.2, 0) is 0 Å². The molecule has 0 fully saturated rings. The van der Waals surface area contributed by atoms with Crippen LogP contribution in [0.1, 0.15) is 26.3 Å². The van der Waals surface area contributed by atoms with Gasteiger partial charge in [0.1, 0.15) is 5.82 Å². The van der Waals surface area contributed by atoms with Crippen LogP contribution in [0.25, 0.3) is 0 Å². The van der Waals surface area contributed by atoms with Gasteiger partial charge in [0.05, 0.1) is 18.9 Å². The van der Waals surface area contributed by atoms with Crippen LogP contribution in [0.3, 0.4) is 0 Å². The number of esters is 1. The zero-order valence-electron chi connectivity index (χ0n) is 15.8. The molecule has 0 saturated carbocycles. The van der Waals surface area contributed by atoms with Crippen LogP contribution in [0.4, 0.5) is 4.39 Å². The summed E-state index contributed by atoms with van der Waals surface area (Å²) in [5.74, 6) is -1.12. The van der Waals surface area contributed by atoms with Crippen molar-refractivity contribution in [2.24, 2.45) is 5.10 Å². The first-order chi connectivity index (χ1) is 14.5. The van der Waals surface area contributed by atoms with E-state index < -0.39 is 11.8 Å². The Morgan fingerprint density at radius 1 is 1.00 bits per heavy atom. The van der Waals surface area contributed by atoms with Gasteiger partial charge in [-0.2, -0.15) is 5.10 Å². The fourth-order valence-electron chi connectivity index (χ4n) is 2.48. The molecule has 0 saturated heterocycles. The van der Waals surface area contributed by atoms with Crippen molar-refractivity contribution in [3.05, 3.63) is 92.8 Å². The van der Waals surface area contributed by atoms with Gasteiger partial charge in [-0.05, 0) is 82.8 Å². The van der Waals surface area contributed by atoms with Gasteiger partial charge in [-0.25, -0.2) is 14.6 Å². The summed E-state index contributed by atoms with van der Waals surface area (Å²) in [5.41, 5.74) is 3.64. The average Bonchev–Trinajstić information content (AvgIpc) is 2.74. The van der Waals surface area contributed by atoms with E-state index in [0.29, 0.717) is 11.1 Å². The zero-order chi connectivity index (χ0) is 21.5. The van der Waals surface area contributed by atoms with Gasteiger partial charge < -0.3 is 9.47 Å². The number of hydrogen-bond donors (Lipinski definition) is 1. The molecule has 0 spiro atoms. The SMILES string of the molecule is COc1cc(/C=N\NC(=O)c2cccc(I)c2)ccc1OC(=O)c1cccc(F)c1. The van der Waals surface area contributed by atoms with Crippen molar-refractivity contribution in [2.75, 3.05) is 7.11 Å². The number of ether oxygens (including phenoxy) is 2. The molecule has 3 aromatic rings. The number of amides is 1. The van der Waals surface area contributed by atoms with E-state index in [1.165, 1.54) is 37.6 Å². The van der Waals surface area contributed by atoms with Gasteiger partial charge in [0.25, 0.3) is 5.91 Å². The Morgan fingerprint density at radius 3 is 2.50 bits per heavy atom. The molecule has 0 bridgehead atoms. The lowest BCUT2D eigenvalue weighted by Crippen LogP contribution is -2.17. The third kappa shape index (κ3) is 5.63. The first-order valence-electron chi connectivity index (χ1n) is 8.71. The maximum Gasteiger partial charge on any atom is 0.343 e. The van der Waals surface area contributed by atoms with Crippen LogP contribution < -0.4 is 14.9 Å². The Labute approximate surface area is 185 Å². The second-order valence-electron chi connectivity index (χ2n) is 6.02. The highest BCUT2D eigenvalue weighted by Crippen LogP contribution is 2.28. The summed E-state index contributed by atoms with van der Waals surface area (Å²) in [6, 6.07) is 17.1. The molecule has 0 aromatic heterocycles. The number of carbonyl (C=O) groups excluding carboxylic acids is 2.